The van der Waals surface area contributed by atoms with Crippen molar-refractivity contribution in [2.24, 2.45) is 0 Å². The summed E-state index contributed by atoms with van der Waals surface area (Å²) < 4.78 is 0. The van der Waals surface area contributed by atoms with Crippen LogP contribution in [0.25, 0.3) is 32.7 Å². The van der Waals surface area contributed by atoms with Gasteiger partial charge in [-0.3, -0.25) is 9.89 Å². The Morgan fingerprint density at radius 2 is 1.79 bits per heavy atom. The van der Waals surface area contributed by atoms with Gasteiger partial charge in [0.15, 0.2) is 0 Å². The second-order valence-electron chi connectivity index (χ2n) is 8.64. The molecule has 0 spiro atoms. The van der Waals surface area contributed by atoms with Crippen molar-refractivity contribution < 1.29 is 0 Å². The first-order valence-electron chi connectivity index (χ1n) is 11.5. The van der Waals surface area contributed by atoms with Gasteiger partial charge < -0.3 is 10.3 Å². The minimum absolute atomic E-state index is 0.0498. The summed E-state index contributed by atoms with van der Waals surface area (Å²) in [5, 5.41) is 14.4. The van der Waals surface area contributed by atoms with E-state index in [-0.39, 0.29) is 5.56 Å². The lowest BCUT2D eigenvalue weighted by atomic mass is 9.93. The fraction of sp³-hybridized carbons (Fsp3) is 0.214. The summed E-state index contributed by atoms with van der Waals surface area (Å²) in [4.78, 5) is 15.5. The summed E-state index contributed by atoms with van der Waals surface area (Å²) in [6, 6.07) is 19.3. The molecule has 0 aliphatic heterocycles. The zero-order valence-electron chi connectivity index (χ0n) is 18.8. The molecule has 0 fully saturated rings. The topological polar surface area (TPSA) is 73.6 Å². The molecule has 0 saturated carbocycles. The maximum atomic E-state index is 12.7. The fourth-order valence-corrected chi connectivity index (χ4v) is 4.50. The van der Waals surface area contributed by atoms with Gasteiger partial charge in [0.1, 0.15) is 0 Å². The Hall–Kier alpha value is -3.70. The number of rotatable bonds is 8. The second kappa shape index (κ2) is 9.43. The highest BCUT2D eigenvalue weighted by molar-refractivity contribution is 6.09. The number of fused-ring (bicyclic) bond motifs is 3. The summed E-state index contributed by atoms with van der Waals surface area (Å²) in [6.45, 7) is 4.06. The maximum Gasteiger partial charge on any atom is 0.256 e. The zero-order valence-corrected chi connectivity index (χ0v) is 18.8. The lowest BCUT2D eigenvalue weighted by Crippen LogP contribution is -2.19. The third kappa shape index (κ3) is 4.59. The number of aryl methyl sites for hydroxylation is 2. The molecule has 0 saturated heterocycles. The van der Waals surface area contributed by atoms with E-state index in [4.69, 9.17) is 0 Å². The molecule has 3 aromatic carbocycles. The number of pyridine rings is 1. The molecule has 3 N–H and O–H groups in total. The van der Waals surface area contributed by atoms with Gasteiger partial charge in [-0.15, -0.1) is 0 Å². The number of H-pyrrole nitrogens is 2. The zero-order chi connectivity index (χ0) is 22.6. The van der Waals surface area contributed by atoms with Crippen LogP contribution < -0.4 is 10.9 Å². The van der Waals surface area contributed by atoms with Crippen molar-refractivity contribution in [1.82, 2.24) is 20.5 Å². The van der Waals surface area contributed by atoms with Crippen LogP contribution >= 0.6 is 0 Å². The summed E-state index contributed by atoms with van der Waals surface area (Å²) in [6.07, 6.45) is 8.45. The van der Waals surface area contributed by atoms with Crippen LogP contribution in [0.4, 0.5) is 0 Å². The van der Waals surface area contributed by atoms with Crippen LogP contribution in [-0.2, 0) is 12.8 Å². The average molecular weight is 437 g/mol. The van der Waals surface area contributed by atoms with Crippen LogP contribution in [0.3, 0.4) is 0 Å². The van der Waals surface area contributed by atoms with Crippen LogP contribution in [-0.4, -0.2) is 28.3 Å². The molecular formula is C28H28N4O. The number of hydrogen-bond donors (Lipinski definition) is 3. The third-order valence-electron chi connectivity index (χ3n) is 6.30. The van der Waals surface area contributed by atoms with E-state index in [9.17, 15) is 4.79 Å². The molecule has 0 radical (unpaired) electrons. The Labute approximate surface area is 192 Å². The van der Waals surface area contributed by atoms with E-state index < -0.39 is 0 Å². The van der Waals surface area contributed by atoms with E-state index in [1.165, 1.54) is 16.7 Å². The van der Waals surface area contributed by atoms with Gasteiger partial charge >= 0.3 is 0 Å². The van der Waals surface area contributed by atoms with E-state index in [0.29, 0.717) is 0 Å². The third-order valence-corrected chi connectivity index (χ3v) is 6.30. The molecule has 5 heteroatoms. The number of nitrogens with one attached hydrogen (secondary N) is 3. The van der Waals surface area contributed by atoms with Gasteiger partial charge in [-0.25, -0.2) is 0 Å². The number of nitrogens with zero attached hydrogens (tertiary/aromatic N) is 1. The molecule has 0 aliphatic rings. The van der Waals surface area contributed by atoms with E-state index in [0.717, 1.165) is 65.0 Å². The van der Waals surface area contributed by atoms with Gasteiger partial charge in [-0.05, 0) is 84.3 Å². The molecule has 2 heterocycles. The van der Waals surface area contributed by atoms with Crippen LogP contribution in [0, 0.1) is 6.92 Å². The van der Waals surface area contributed by atoms with Crippen molar-refractivity contribution in [1.29, 1.82) is 0 Å². The highest BCUT2D eigenvalue weighted by atomic mass is 16.1. The van der Waals surface area contributed by atoms with Crippen molar-refractivity contribution in [3.8, 4) is 11.1 Å². The van der Waals surface area contributed by atoms with E-state index in [1.807, 2.05) is 12.3 Å². The fourth-order valence-electron chi connectivity index (χ4n) is 4.50. The lowest BCUT2D eigenvalue weighted by molar-refractivity contribution is 0.648. The number of hydrogen-bond acceptors (Lipinski definition) is 3. The molecular weight excluding hydrogens is 408 g/mol. The first-order chi connectivity index (χ1) is 16.2. The monoisotopic (exact) mass is 436 g/mol. The Morgan fingerprint density at radius 3 is 2.61 bits per heavy atom. The molecule has 166 valence electrons. The second-order valence-corrected chi connectivity index (χ2v) is 8.64. The van der Waals surface area contributed by atoms with Gasteiger partial charge in [0, 0.05) is 18.0 Å². The molecule has 33 heavy (non-hydrogen) atoms. The highest BCUT2D eigenvalue weighted by Crippen LogP contribution is 2.31. The van der Waals surface area contributed by atoms with Crippen molar-refractivity contribution in [3.63, 3.8) is 0 Å². The Morgan fingerprint density at radius 1 is 0.909 bits per heavy atom. The standard InChI is InChI=1S/C28H28N4O/c1-19-4-6-20(7-5-19)10-13-29-12-2-3-22-15-23-11-14-30-28(33)27(23)26-16-21(8-9-25(22)26)24-17-31-32-18-24/h4-9,11,14-18,29H,2-3,10,12-13H2,1H3,(H,30,33)(H,31,32). The van der Waals surface area contributed by atoms with Gasteiger partial charge in [0.2, 0.25) is 0 Å². The van der Waals surface area contributed by atoms with Crippen LogP contribution in [0.5, 0.6) is 0 Å². The molecule has 0 atom stereocenters. The van der Waals surface area contributed by atoms with E-state index in [2.05, 4.69) is 76.0 Å². The smallest absolute Gasteiger partial charge is 0.256 e. The molecule has 5 aromatic rings. The lowest BCUT2D eigenvalue weighted by Gasteiger charge is -2.12. The van der Waals surface area contributed by atoms with Gasteiger partial charge in [0.05, 0.1) is 11.6 Å². The van der Waals surface area contributed by atoms with Crippen LogP contribution in [0.1, 0.15) is 23.1 Å². The van der Waals surface area contributed by atoms with Crippen LogP contribution in [0.15, 0.2) is 78.0 Å². The first kappa shape index (κ1) is 21.2. The average Bonchev–Trinajstić information content (AvgIpc) is 3.37. The number of benzene rings is 3. The van der Waals surface area contributed by atoms with Gasteiger partial charge in [-0.1, -0.05) is 48.0 Å². The summed E-state index contributed by atoms with van der Waals surface area (Å²) >= 11 is 0. The van der Waals surface area contributed by atoms with Crippen molar-refractivity contribution >= 4 is 21.5 Å². The van der Waals surface area contributed by atoms with Crippen molar-refractivity contribution in [2.45, 2.75) is 26.2 Å². The molecule has 2 aromatic heterocycles. The van der Waals surface area contributed by atoms with Gasteiger partial charge in [-0.2, -0.15) is 5.10 Å². The predicted octanol–water partition coefficient (Wildman–Crippen LogP) is 5.14. The minimum Gasteiger partial charge on any atom is -0.329 e. The van der Waals surface area contributed by atoms with E-state index >= 15 is 0 Å². The first-order valence-corrected chi connectivity index (χ1v) is 11.5. The summed E-state index contributed by atoms with van der Waals surface area (Å²) in [7, 11) is 0. The molecule has 0 bridgehead atoms. The van der Waals surface area contributed by atoms with Crippen molar-refractivity contribution in [2.75, 3.05) is 13.1 Å². The largest absolute Gasteiger partial charge is 0.329 e. The van der Waals surface area contributed by atoms with Crippen molar-refractivity contribution in [3.05, 3.63) is 100 Å². The van der Waals surface area contributed by atoms with E-state index in [1.54, 1.807) is 12.4 Å². The maximum absolute atomic E-state index is 12.7. The molecule has 0 aliphatic carbocycles. The molecule has 5 nitrogen and oxygen atoms in total. The quantitative estimate of drug-likeness (QED) is 0.233. The number of aromatic amines is 2. The van der Waals surface area contributed by atoms with Gasteiger partial charge in [0.25, 0.3) is 5.56 Å². The highest BCUT2D eigenvalue weighted by Gasteiger charge is 2.11. The number of aromatic nitrogens is 3. The predicted molar refractivity (Wildman–Crippen MR) is 136 cm³/mol. The Kier molecular flexibility index (Phi) is 6.05. The Bertz CT molecular complexity index is 1430. The summed E-state index contributed by atoms with van der Waals surface area (Å²) in [5.74, 6) is 0. The summed E-state index contributed by atoms with van der Waals surface area (Å²) in [5.41, 5.74) is 5.96. The Balaban J connectivity index is 1.34. The minimum atomic E-state index is -0.0498. The molecule has 0 amide bonds. The molecule has 0 unspecified atom stereocenters. The molecule has 5 rings (SSSR count). The van der Waals surface area contributed by atoms with Crippen LogP contribution in [0.2, 0.25) is 0 Å². The SMILES string of the molecule is Cc1ccc(CCNCCCc2cc3cc[nH]c(=O)c3c3cc(-c4cn[nH]c4)ccc23)cc1. The normalized spacial score (nSPS) is 11.4.